The molecule has 536 valence electrons. The van der Waals surface area contributed by atoms with Crippen molar-refractivity contribution in [3.8, 4) is 11.5 Å². The first-order chi connectivity index (χ1) is 44.6. The molecule has 0 atom stereocenters. The SMILES string of the molecule is CC(C)CCCCCOCCOCCOCCOCCOCCOCCOCCOCCOCCOCCOc1ccccc1.CC(C)CCCCCOCCOCCOCCOCCOCCOCCOCCOCCOCCOCCOc1ccccc1.O. The highest BCUT2D eigenvalue weighted by Crippen LogP contribution is 2.10. The van der Waals surface area contributed by atoms with E-state index in [1.54, 1.807) is 0 Å². The van der Waals surface area contributed by atoms with Crippen molar-refractivity contribution in [1.82, 2.24) is 0 Å². The average Bonchev–Trinajstić information content (AvgIpc) is 3.67. The van der Waals surface area contributed by atoms with Crippen molar-refractivity contribution in [1.29, 1.82) is 0 Å². The van der Waals surface area contributed by atoms with Crippen molar-refractivity contribution in [2.24, 2.45) is 11.8 Å². The van der Waals surface area contributed by atoms with E-state index in [2.05, 4.69) is 27.7 Å². The van der Waals surface area contributed by atoms with Gasteiger partial charge in [0.25, 0.3) is 0 Å². The molecular formula is C68H126O23. The molecule has 0 aliphatic heterocycles. The molecule has 2 N–H and O–H groups in total. The minimum atomic E-state index is 0. The van der Waals surface area contributed by atoms with E-state index in [1.807, 2.05) is 60.7 Å². The highest BCUT2D eigenvalue weighted by atomic mass is 16.6. The summed E-state index contributed by atoms with van der Waals surface area (Å²) in [4.78, 5) is 0. The normalized spacial score (nSPS) is 11.4. The first-order valence-corrected chi connectivity index (χ1v) is 33.5. The maximum Gasteiger partial charge on any atom is 0.119 e. The van der Waals surface area contributed by atoms with Crippen LogP contribution < -0.4 is 9.47 Å². The quantitative estimate of drug-likeness (QED) is 0.0569. The van der Waals surface area contributed by atoms with Crippen molar-refractivity contribution in [2.45, 2.75) is 79.1 Å². The fraction of sp³-hybridized carbons (Fsp3) is 0.824. The van der Waals surface area contributed by atoms with Gasteiger partial charge in [-0.15, -0.1) is 0 Å². The van der Waals surface area contributed by atoms with E-state index in [-0.39, 0.29) is 5.48 Å². The molecule has 0 radical (unpaired) electrons. The Morgan fingerprint density at radius 1 is 0.187 bits per heavy atom. The Kier molecular flexibility index (Phi) is 75.5. The highest BCUT2D eigenvalue weighted by molar-refractivity contribution is 5.21. The molecule has 0 aliphatic rings. The zero-order valence-electron chi connectivity index (χ0n) is 56.8. The summed E-state index contributed by atoms with van der Waals surface area (Å²) in [6.07, 6.45) is 9.94. The van der Waals surface area contributed by atoms with Gasteiger partial charge < -0.3 is 110 Å². The van der Waals surface area contributed by atoms with Crippen molar-refractivity contribution in [3.05, 3.63) is 60.7 Å². The number of benzene rings is 2. The molecule has 2 aromatic carbocycles. The van der Waals surface area contributed by atoms with Crippen LogP contribution in [0.15, 0.2) is 60.7 Å². The summed E-state index contributed by atoms with van der Waals surface area (Å²) >= 11 is 0. The molecule has 23 heteroatoms. The third kappa shape index (κ3) is 76.1. The molecule has 2 rings (SSSR count). The lowest BCUT2D eigenvalue weighted by Gasteiger charge is -2.09. The summed E-state index contributed by atoms with van der Waals surface area (Å²) in [5.41, 5.74) is 0. The van der Waals surface area contributed by atoms with E-state index in [0.717, 1.165) is 49.4 Å². The number of hydrogen-bond donors (Lipinski definition) is 0. The molecule has 0 fully saturated rings. The number of hydrogen-bond acceptors (Lipinski definition) is 22. The fourth-order valence-corrected chi connectivity index (χ4v) is 7.50. The lowest BCUT2D eigenvalue weighted by Crippen LogP contribution is -2.15. The van der Waals surface area contributed by atoms with Gasteiger partial charge in [-0.1, -0.05) is 103 Å². The summed E-state index contributed by atoms with van der Waals surface area (Å²) in [6, 6.07) is 19.4. The van der Waals surface area contributed by atoms with Crippen molar-refractivity contribution in [2.75, 3.05) is 277 Å². The van der Waals surface area contributed by atoms with Gasteiger partial charge in [0.2, 0.25) is 0 Å². The van der Waals surface area contributed by atoms with E-state index in [9.17, 15) is 0 Å². The van der Waals surface area contributed by atoms with Crippen LogP contribution in [0.4, 0.5) is 0 Å². The van der Waals surface area contributed by atoms with Crippen LogP contribution in [0.5, 0.6) is 11.5 Å². The summed E-state index contributed by atoms with van der Waals surface area (Å²) in [5.74, 6) is 3.28. The Labute approximate surface area is 548 Å². The van der Waals surface area contributed by atoms with Crippen molar-refractivity contribution in [3.63, 3.8) is 0 Å². The summed E-state index contributed by atoms with van der Waals surface area (Å²) in [5, 5.41) is 0. The predicted octanol–water partition coefficient (Wildman–Crippen LogP) is 8.07. The van der Waals surface area contributed by atoms with Crippen molar-refractivity contribution >= 4 is 0 Å². The van der Waals surface area contributed by atoms with Crippen LogP contribution in [-0.4, -0.2) is 283 Å². The second-order valence-electron chi connectivity index (χ2n) is 21.1. The van der Waals surface area contributed by atoms with Crippen LogP contribution in [0, 0.1) is 11.8 Å². The van der Waals surface area contributed by atoms with E-state index in [1.165, 1.54) is 38.5 Å². The molecule has 23 nitrogen and oxygen atoms in total. The number of para-hydroxylation sites is 2. The Morgan fingerprint density at radius 2 is 0.341 bits per heavy atom. The first-order valence-electron chi connectivity index (χ1n) is 33.5. The Bertz CT molecular complexity index is 1480. The predicted molar refractivity (Wildman–Crippen MR) is 350 cm³/mol. The van der Waals surface area contributed by atoms with Crippen LogP contribution in [0.1, 0.15) is 79.1 Å². The van der Waals surface area contributed by atoms with Gasteiger partial charge in [-0.25, -0.2) is 0 Å². The standard InChI is InChI=1S/2C34H62O11.H2O/c2*1-33(2)9-5-4-8-12-35-13-14-36-15-16-37-17-18-38-19-20-39-21-22-40-23-24-41-25-26-42-27-28-43-29-30-44-31-32-45-34-10-6-3-7-11-34;/h2*3,6-7,10-11,33H,4-5,8-9,12-32H2,1-2H3;1H2. The Balaban J connectivity index is 0.00000176. The number of ether oxygens (including phenoxy) is 22. The second kappa shape index (κ2) is 77.9. The molecule has 0 aromatic heterocycles. The first kappa shape index (κ1) is 88.2. The minimum absolute atomic E-state index is 0. The smallest absolute Gasteiger partial charge is 0.119 e. The monoisotopic (exact) mass is 1310 g/mol. The fourth-order valence-electron chi connectivity index (χ4n) is 7.50. The van der Waals surface area contributed by atoms with Gasteiger partial charge in [0.15, 0.2) is 0 Å². The largest absolute Gasteiger partial charge is 0.491 e. The van der Waals surface area contributed by atoms with Crippen LogP contribution in [0.25, 0.3) is 0 Å². The zero-order chi connectivity index (χ0) is 64.3. The maximum absolute atomic E-state index is 5.59. The molecule has 0 saturated heterocycles. The zero-order valence-corrected chi connectivity index (χ0v) is 56.8. The topological polar surface area (TPSA) is 235 Å². The summed E-state index contributed by atoms with van der Waals surface area (Å²) in [6.45, 7) is 32.3. The van der Waals surface area contributed by atoms with Crippen LogP contribution >= 0.6 is 0 Å². The molecule has 0 unspecified atom stereocenters. The molecule has 0 spiro atoms. The molecule has 0 bridgehead atoms. The molecule has 0 amide bonds. The molecule has 2 aromatic rings. The maximum atomic E-state index is 5.59. The minimum Gasteiger partial charge on any atom is -0.491 e. The Morgan fingerprint density at radius 3 is 0.505 bits per heavy atom. The van der Waals surface area contributed by atoms with Gasteiger partial charge in [-0.2, -0.15) is 0 Å². The highest BCUT2D eigenvalue weighted by Gasteiger charge is 2.02. The van der Waals surface area contributed by atoms with Crippen molar-refractivity contribution < 1.29 is 110 Å². The van der Waals surface area contributed by atoms with Crippen LogP contribution in [0.2, 0.25) is 0 Å². The van der Waals surface area contributed by atoms with Crippen LogP contribution in [-0.2, 0) is 94.7 Å². The third-order valence-electron chi connectivity index (χ3n) is 12.3. The average molecular weight is 1310 g/mol. The summed E-state index contributed by atoms with van der Waals surface area (Å²) < 4.78 is 121. The van der Waals surface area contributed by atoms with Gasteiger partial charge in [0.05, 0.1) is 251 Å². The van der Waals surface area contributed by atoms with Gasteiger partial charge in [0, 0.05) is 13.2 Å². The van der Waals surface area contributed by atoms with Gasteiger partial charge in [0.1, 0.15) is 24.7 Å². The lowest BCUT2D eigenvalue weighted by molar-refractivity contribution is -0.0267. The molecule has 0 heterocycles. The Hall–Kier alpha value is -2.80. The molecule has 0 saturated carbocycles. The lowest BCUT2D eigenvalue weighted by atomic mass is 10.1. The van der Waals surface area contributed by atoms with Gasteiger partial charge in [-0.3, -0.25) is 0 Å². The number of rotatable bonds is 74. The molecular weight excluding hydrogens is 1180 g/mol. The summed E-state index contributed by atoms with van der Waals surface area (Å²) in [7, 11) is 0. The van der Waals surface area contributed by atoms with E-state index < -0.39 is 0 Å². The van der Waals surface area contributed by atoms with Gasteiger partial charge in [-0.05, 0) is 48.9 Å². The van der Waals surface area contributed by atoms with Crippen LogP contribution in [0.3, 0.4) is 0 Å². The van der Waals surface area contributed by atoms with E-state index in [4.69, 9.17) is 104 Å². The number of unbranched alkanes of at least 4 members (excludes halogenated alkanes) is 4. The van der Waals surface area contributed by atoms with Gasteiger partial charge >= 0.3 is 0 Å². The third-order valence-corrected chi connectivity index (χ3v) is 12.3. The van der Waals surface area contributed by atoms with E-state index >= 15 is 0 Å². The molecule has 0 aliphatic carbocycles. The van der Waals surface area contributed by atoms with E-state index in [0.29, 0.717) is 264 Å². The molecule has 91 heavy (non-hydrogen) atoms. The second-order valence-corrected chi connectivity index (χ2v) is 21.1.